The molecular formula is C22H23N3O4S. The van der Waals surface area contributed by atoms with Crippen molar-refractivity contribution >= 4 is 22.0 Å². The SMILES string of the molecule is CC(Oc1ccccc1C#N)C(=O)N1CCN(S(=O)(=O)/C=C/c2ccccc2)CC1. The van der Waals surface area contributed by atoms with Crippen LogP contribution in [0.2, 0.25) is 0 Å². The van der Waals surface area contributed by atoms with E-state index in [0.29, 0.717) is 11.3 Å². The van der Waals surface area contributed by atoms with Gasteiger partial charge in [0.05, 0.1) is 5.56 Å². The van der Waals surface area contributed by atoms with Gasteiger partial charge in [0, 0.05) is 31.6 Å². The maximum absolute atomic E-state index is 12.7. The van der Waals surface area contributed by atoms with E-state index in [2.05, 4.69) is 0 Å². The van der Waals surface area contributed by atoms with Crippen LogP contribution in [-0.4, -0.2) is 55.8 Å². The van der Waals surface area contributed by atoms with Gasteiger partial charge in [-0.25, -0.2) is 8.42 Å². The summed E-state index contributed by atoms with van der Waals surface area (Å²) >= 11 is 0. The average Bonchev–Trinajstić information content (AvgIpc) is 2.78. The van der Waals surface area contributed by atoms with Crippen molar-refractivity contribution in [3.8, 4) is 11.8 Å². The maximum Gasteiger partial charge on any atom is 0.263 e. The minimum Gasteiger partial charge on any atom is -0.480 e. The number of piperazine rings is 1. The van der Waals surface area contributed by atoms with Crippen molar-refractivity contribution in [3.05, 3.63) is 71.1 Å². The van der Waals surface area contributed by atoms with Crippen molar-refractivity contribution in [3.63, 3.8) is 0 Å². The van der Waals surface area contributed by atoms with E-state index in [-0.39, 0.29) is 32.1 Å². The van der Waals surface area contributed by atoms with Gasteiger partial charge in [0.1, 0.15) is 11.8 Å². The van der Waals surface area contributed by atoms with Gasteiger partial charge in [-0.3, -0.25) is 4.79 Å². The number of benzene rings is 2. The first-order valence-corrected chi connectivity index (χ1v) is 11.1. The molecule has 1 unspecified atom stereocenters. The number of hydrogen-bond donors (Lipinski definition) is 0. The second-order valence-corrected chi connectivity index (χ2v) is 8.67. The number of amides is 1. The van der Waals surface area contributed by atoms with Crippen molar-refractivity contribution in [2.75, 3.05) is 26.2 Å². The van der Waals surface area contributed by atoms with Gasteiger partial charge >= 0.3 is 0 Å². The largest absolute Gasteiger partial charge is 0.480 e. The van der Waals surface area contributed by atoms with Crippen molar-refractivity contribution in [1.29, 1.82) is 5.26 Å². The third-order valence-corrected chi connectivity index (χ3v) is 6.37. The fraction of sp³-hybridized carbons (Fsp3) is 0.273. The molecule has 0 spiro atoms. The number of nitrogens with zero attached hydrogens (tertiary/aromatic N) is 3. The number of para-hydroxylation sites is 1. The molecule has 1 atom stereocenters. The summed E-state index contributed by atoms with van der Waals surface area (Å²) in [7, 11) is -3.56. The highest BCUT2D eigenvalue weighted by molar-refractivity contribution is 7.92. The minimum atomic E-state index is -3.56. The van der Waals surface area contributed by atoms with Gasteiger partial charge in [-0.05, 0) is 30.7 Å². The van der Waals surface area contributed by atoms with Gasteiger partial charge in [0.15, 0.2) is 6.10 Å². The van der Waals surface area contributed by atoms with Gasteiger partial charge < -0.3 is 9.64 Å². The molecule has 0 aromatic heterocycles. The van der Waals surface area contributed by atoms with Crippen molar-refractivity contribution in [2.24, 2.45) is 0 Å². The highest BCUT2D eigenvalue weighted by atomic mass is 32.2. The van der Waals surface area contributed by atoms with Crippen LogP contribution in [0.1, 0.15) is 18.1 Å². The third kappa shape index (κ3) is 5.26. The van der Waals surface area contributed by atoms with Crippen LogP contribution < -0.4 is 4.74 Å². The lowest BCUT2D eigenvalue weighted by Crippen LogP contribution is -2.52. The molecule has 1 aliphatic rings. The number of hydrogen-bond acceptors (Lipinski definition) is 5. The van der Waals surface area contributed by atoms with E-state index in [4.69, 9.17) is 10.00 Å². The summed E-state index contributed by atoms with van der Waals surface area (Å²) in [5.41, 5.74) is 1.16. The van der Waals surface area contributed by atoms with Crippen molar-refractivity contribution in [2.45, 2.75) is 13.0 Å². The molecule has 1 saturated heterocycles. The lowest BCUT2D eigenvalue weighted by atomic mass is 10.2. The summed E-state index contributed by atoms with van der Waals surface area (Å²) in [6.07, 6.45) is 0.788. The number of ether oxygens (including phenoxy) is 1. The molecule has 0 radical (unpaired) electrons. The minimum absolute atomic E-state index is 0.217. The fourth-order valence-electron chi connectivity index (χ4n) is 3.14. The monoisotopic (exact) mass is 425 g/mol. The number of sulfonamides is 1. The number of carbonyl (C=O) groups is 1. The van der Waals surface area contributed by atoms with Gasteiger partial charge in [0.2, 0.25) is 10.0 Å². The Morgan fingerprint density at radius 2 is 1.70 bits per heavy atom. The molecule has 0 saturated carbocycles. The Morgan fingerprint density at radius 3 is 2.37 bits per heavy atom. The second kappa shape index (κ2) is 9.57. The molecule has 1 amide bonds. The molecule has 0 aliphatic carbocycles. The molecule has 2 aromatic rings. The Balaban J connectivity index is 1.57. The Morgan fingerprint density at radius 1 is 1.07 bits per heavy atom. The summed E-state index contributed by atoms with van der Waals surface area (Å²) in [5.74, 6) is 0.118. The third-order valence-electron chi connectivity index (χ3n) is 4.80. The number of nitriles is 1. The van der Waals surface area contributed by atoms with Crippen LogP contribution in [0.5, 0.6) is 5.75 Å². The molecule has 1 heterocycles. The van der Waals surface area contributed by atoms with E-state index in [9.17, 15) is 13.2 Å². The summed E-state index contributed by atoms with van der Waals surface area (Å²) in [4.78, 5) is 14.3. The van der Waals surface area contributed by atoms with Gasteiger partial charge in [-0.2, -0.15) is 9.57 Å². The zero-order valence-corrected chi connectivity index (χ0v) is 17.5. The highest BCUT2D eigenvalue weighted by Gasteiger charge is 2.30. The quantitative estimate of drug-likeness (QED) is 0.709. The van der Waals surface area contributed by atoms with E-state index in [0.717, 1.165) is 5.56 Å². The van der Waals surface area contributed by atoms with Crippen LogP contribution in [-0.2, 0) is 14.8 Å². The van der Waals surface area contributed by atoms with Crippen LogP contribution in [0, 0.1) is 11.3 Å². The van der Waals surface area contributed by atoms with Gasteiger partial charge in [0.25, 0.3) is 5.91 Å². The number of rotatable bonds is 6. The van der Waals surface area contributed by atoms with E-state index >= 15 is 0 Å². The lowest BCUT2D eigenvalue weighted by molar-refractivity contribution is -0.139. The maximum atomic E-state index is 12.7. The molecule has 2 aromatic carbocycles. The highest BCUT2D eigenvalue weighted by Crippen LogP contribution is 2.19. The smallest absolute Gasteiger partial charge is 0.263 e. The van der Waals surface area contributed by atoms with Crippen LogP contribution in [0.3, 0.4) is 0 Å². The predicted molar refractivity (Wildman–Crippen MR) is 114 cm³/mol. The first-order valence-electron chi connectivity index (χ1n) is 9.58. The summed E-state index contributed by atoms with van der Waals surface area (Å²) in [6.45, 7) is 2.63. The van der Waals surface area contributed by atoms with Crippen LogP contribution in [0.4, 0.5) is 0 Å². The fourth-order valence-corrected chi connectivity index (χ4v) is 4.31. The van der Waals surface area contributed by atoms with E-state index in [1.165, 1.54) is 9.71 Å². The molecule has 8 heteroatoms. The van der Waals surface area contributed by atoms with Crippen LogP contribution in [0.25, 0.3) is 6.08 Å². The van der Waals surface area contributed by atoms with E-state index < -0.39 is 16.1 Å². The Bertz CT molecular complexity index is 1050. The van der Waals surface area contributed by atoms with E-state index in [1.54, 1.807) is 42.2 Å². The van der Waals surface area contributed by atoms with Gasteiger partial charge in [-0.15, -0.1) is 0 Å². The zero-order chi connectivity index (χ0) is 21.6. The van der Waals surface area contributed by atoms with E-state index in [1.807, 2.05) is 36.4 Å². The Labute approximate surface area is 176 Å². The molecule has 0 N–H and O–H groups in total. The summed E-state index contributed by atoms with van der Waals surface area (Å²) in [5, 5.41) is 10.3. The molecule has 156 valence electrons. The van der Waals surface area contributed by atoms with Gasteiger partial charge in [-0.1, -0.05) is 42.5 Å². The molecule has 7 nitrogen and oxygen atoms in total. The summed E-state index contributed by atoms with van der Waals surface area (Å²) in [6, 6.07) is 18.0. The van der Waals surface area contributed by atoms with Crippen molar-refractivity contribution < 1.29 is 17.9 Å². The molecule has 3 rings (SSSR count). The molecule has 1 fully saturated rings. The first-order chi connectivity index (χ1) is 14.4. The zero-order valence-electron chi connectivity index (χ0n) is 16.6. The number of carbonyl (C=O) groups excluding carboxylic acids is 1. The second-order valence-electron chi connectivity index (χ2n) is 6.85. The molecule has 1 aliphatic heterocycles. The van der Waals surface area contributed by atoms with Crippen LogP contribution >= 0.6 is 0 Å². The average molecular weight is 426 g/mol. The first kappa shape index (κ1) is 21.6. The van der Waals surface area contributed by atoms with Crippen molar-refractivity contribution in [1.82, 2.24) is 9.21 Å². The molecule has 0 bridgehead atoms. The summed E-state index contributed by atoms with van der Waals surface area (Å²) < 4.78 is 32.2. The normalized spacial score (nSPS) is 16.2. The standard InChI is InChI=1S/C22H23N3O4S/c1-18(29-21-10-6-5-9-20(21)17-23)22(26)24-12-14-25(15-13-24)30(27,28)16-11-19-7-3-2-4-8-19/h2-11,16,18H,12-15H2,1H3/b16-11+. The predicted octanol–water partition coefficient (Wildman–Crippen LogP) is 2.47. The molecular weight excluding hydrogens is 402 g/mol. The Hall–Kier alpha value is -3.15. The van der Waals surface area contributed by atoms with Crippen LogP contribution in [0.15, 0.2) is 60.0 Å². The molecule has 30 heavy (non-hydrogen) atoms. The topological polar surface area (TPSA) is 90.7 Å². The Kier molecular flexibility index (Phi) is 6.87. The lowest BCUT2D eigenvalue weighted by Gasteiger charge is -2.34.